The van der Waals surface area contributed by atoms with Gasteiger partial charge >= 0.3 is 5.97 Å². The molecule has 0 amide bonds. The molecule has 0 bridgehead atoms. The fraction of sp³-hybridized carbons (Fsp3) is 0.921. The monoisotopic (exact) mass is 680 g/mol. The molecule has 10 heteroatoms. The zero-order valence-electron chi connectivity index (χ0n) is 30.7. The van der Waals surface area contributed by atoms with E-state index in [1.807, 2.05) is 20.8 Å². The maximum atomic E-state index is 12.3. The normalized spacial score (nSPS) is 49.6. The van der Waals surface area contributed by atoms with Gasteiger partial charge in [-0.15, -0.1) is 0 Å². The van der Waals surface area contributed by atoms with Gasteiger partial charge in [0.2, 0.25) is 0 Å². The first-order valence-corrected chi connectivity index (χ1v) is 18.3. The fourth-order valence-corrected chi connectivity index (χ4v) is 12.2. The van der Waals surface area contributed by atoms with Crippen LogP contribution in [0.25, 0.3) is 0 Å². The molecule has 5 fully saturated rings. The molecule has 16 atom stereocenters. The van der Waals surface area contributed by atoms with E-state index in [2.05, 4.69) is 40.7 Å². The number of carbonyl (C=O) groups is 1. The average Bonchev–Trinajstić information content (AvgIpc) is 3.36. The Labute approximate surface area is 287 Å². The third-order valence-electron chi connectivity index (χ3n) is 14.7. The molecule has 5 rings (SSSR count). The van der Waals surface area contributed by atoms with Crippen LogP contribution in [0.5, 0.6) is 0 Å². The lowest BCUT2D eigenvalue weighted by Crippen LogP contribution is -2.70. The molecular weight excluding hydrogens is 616 g/mol. The van der Waals surface area contributed by atoms with Crippen LogP contribution < -0.4 is 0 Å². The Morgan fingerprint density at radius 3 is 2.19 bits per heavy atom. The van der Waals surface area contributed by atoms with E-state index in [1.54, 1.807) is 0 Å². The summed E-state index contributed by atoms with van der Waals surface area (Å²) in [6.45, 7) is 18.1. The summed E-state index contributed by atoms with van der Waals surface area (Å²) in [7, 11) is 0. The number of hydrogen-bond acceptors (Lipinski definition) is 10. The van der Waals surface area contributed by atoms with Gasteiger partial charge in [0.05, 0.1) is 23.9 Å². The minimum atomic E-state index is -1.57. The fourth-order valence-electron chi connectivity index (χ4n) is 12.2. The molecule has 0 aromatic carbocycles. The van der Waals surface area contributed by atoms with Crippen molar-refractivity contribution in [3.8, 4) is 0 Å². The van der Waals surface area contributed by atoms with Gasteiger partial charge in [-0.05, 0) is 117 Å². The molecular formula is C38H64O10. The summed E-state index contributed by atoms with van der Waals surface area (Å²) in [6.07, 6.45) is -1.01. The van der Waals surface area contributed by atoms with Crippen LogP contribution in [-0.4, -0.2) is 97.8 Å². The molecule has 1 heterocycles. The molecule has 6 N–H and O–H groups in total. The van der Waals surface area contributed by atoms with Crippen LogP contribution in [0.4, 0.5) is 0 Å². The first-order chi connectivity index (χ1) is 22.1. The predicted octanol–water partition coefficient (Wildman–Crippen LogP) is 3.87. The van der Waals surface area contributed by atoms with Crippen molar-refractivity contribution in [3.63, 3.8) is 0 Å². The number of carbonyl (C=O) groups excluding carboxylic acids is 1. The topological polar surface area (TPSA) is 166 Å². The van der Waals surface area contributed by atoms with Crippen molar-refractivity contribution in [2.75, 3.05) is 6.61 Å². The highest BCUT2D eigenvalue weighted by molar-refractivity contribution is 5.65. The second-order valence-electron chi connectivity index (χ2n) is 18.1. The van der Waals surface area contributed by atoms with Gasteiger partial charge in [0.1, 0.15) is 31.0 Å². The number of rotatable bonds is 8. The van der Waals surface area contributed by atoms with Crippen LogP contribution in [0.1, 0.15) is 114 Å². The zero-order valence-corrected chi connectivity index (χ0v) is 30.7. The number of hydrogen-bond donors (Lipinski definition) is 6. The first-order valence-electron chi connectivity index (χ1n) is 18.3. The van der Waals surface area contributed by atoms with Gasteiger partial charge in [-0.3, -0.25) is 4.79 Å². The zero-order chi connectivity index (χ0) is 35.8. The standard InChI is InChI=1S/C38H64O10/c1-20(2)11-10-14-38(9,48-33-31(45)30(44)29(43)25(47-33)19-46-21(3)39)22-12-16-36(7)28(22)23(40)17-26-35(6)15-13-27(42)34(4,5)32(35)24(41)18-37(26,36)8/h11,22-33,40-45H,10,12-19H2,1-9H3. The third-order valence-corrected chi connectivity index (χ3v) is 14.7. The van der Waals surface area contributed by atoms with Crippen molar-refractivity contribution in [1.29, 1.82) is 0 Å². The van der Waals surface area contributed by atoms with Crippen LogP contribution in [0, 0.1) is 45.3 Å². The van der Waals surface area contributed by atoms with Crippen LogP contribution in [0.3, 0.4) is 0 Å². The first kappa shape index (κ1) is 38.1. The van der Waals surface area contributed by atoms with Gasteiger partial charge in [0.15, 0.2) is 6.29 Å². The Morgan fingerprint density at radius 2 is 1.56 bits per heavy atom. The van der Waals surface area contributed by atoms with E-state index >= 15 is 0 Å². The Morgan fingerprint density at radius 1 is 0.896 bits per heavy atom. The molecule has 0 spiro atoms. The van der Waals surface area contributed by atoms with Crippen LogP contribution in [0.15, 0.2) is 11.6 Å². The molecule has 1 aliphatic heterocycles. The highest BCUT2D eigenvalue weighted by Gasteiger charge is 2.73. The van der Waals surface area contributed by atoms with Crippen molar-refractivity contribution in [2.24, 2.45) is 45.3 Å². The molecule has 0 aromatic heterocycles. The lowest BCUT2D eigenvalue weighted by atomic mass is 9.34. The van der Waals surface area contributed by atoms with E-state index in [9.17, 15) is 35.4 Å². The van der Waals surface area contributed by atoms with Crippen molar-refractivity contribution < 1.29 is 49.6 Å². The Balaban J connectivity index is 1.49. The number of fused-ring (bicyclic) bond motifs is 5. The van der Waals surface area contributed by atoms with Gasteiger partial charge < -0.3 is 44.8 Å². The molecule has 48 heavy (non-hydrogen) atoms. The average molecular weight is 681 g/mol. The van der Waals surface area contributed by atoms with Crippen molar-refractivity contribution >= 4 is 5.97 Å². The summed E-state index contributed by atoms with van der Waals surface area (Å²) in [6, 6.07) is 0. The second-order valence-corrected chi connectivity index (χ2v) is 18.1. The molecule has 5 aliphatic rings. The Kier molecular flexibility index (Phi) is 10.4. The van der Waals surface area contributed by atoms with Crippen molar-refractivity contribution in [1.82, 2.24) is 0 Å². The lowest BCUT2D eigenvalue weighted by Gasteiger charge is -2.71. The van der Waals surface area contributed by atoms with Gasteiger partial charge in [-0.1, -0.05) is 46.3 Å². The van der Waals surface area contributed by atoms with Crippen LogP contribution in [-0.2, 0) is 19.0 Å². The highest BCUT2D eigenvalue weighted by atomic mass is 16.7. The number of aliphatic hydroxyl groups is 6. The largest absolute Gasteiger partial charge is 0.463 e. The maximum absolute atomic E-state index is 12.3. The molecule has 0 radical (unpaired) electrons. The minimum absolute atomic E-state index is 0.0827. The smallest absolute Gasteiger partial charge is 0.302 e. The summed E-state index contributed by atoms with van der Waals surface area (Å²) in [4.78, 5) is 11.5. The quantitative estimate of drug-likeness (QED) is 0.164. The number of allylic oxidation sites excluding steroid dienone is 2. The Bertz CT molecular complexity index is 1220. The van der Waals surface area contributed by atoms with Crippen molar-refractivity contribution in [2.45, 2.75) is 168 Å². The minimum Gasteiger partial charge on any atom is -0.463 e. The molecule has 1 saturated heterocycles. The summed E-state index contributed by atoms with van der Waals surface area (Å²) < 4.78 is 17.9. The van der Waals surface area contributed by atoms with Crippen molar-refractivity contribution in [3.05, 3.63) is 11.6 Å². The second kappa shape index (κ2) is 13.1. The summed E-state index contributed by atoms with van der Waals surface area (Å²) in [5.41, 5.74) is -1.07. The van der Waals surface area contributed by atoms with Gasteiger partial charge in [-0.25, -0.2) is 0 Å². The van der Waals surface area contributed by atoms with E-state index in [0.29, 0.717) is 32.1 Å². The summed E-state index contributed by atoms with van der Waals surface area (Å²) in [5.74, 6) is -0.793. The van der Waals surface area contributed by atoms with E-state index in [0.717, 1.165) is 24.8 Å². The molecule has 276 valence electrons. The molecule has 4 saturated carbocycles. The van der Waals surface area contributed by atoms with Crippen LogP contribution in [0.2, 0.25) is 0 Å². The van der Waals surface area contributed by atoms with Gasteiger partial charge in [0.25, 0.3) is 0 Å². The predicted molar refractivity (Wildman–Crippen MR) is 179 cm³/mol. The molecule has 10 nitrogen and oxygen atoms in total. The molecule has 16 unspecified atom stereocenters. The summed E-state index contributed by atoms with van der Waals surface area (Å²) >= 11 is 0. The van der Waals surface area contributed by atoms with E-state index < -0.39 is 66.0 Å². The lowest BCUT2D eigenvalue weighted by molar-refractivity contribution is -0.337. The van der Waals surface area contributed by atoms with Gasteiger partial charge in [0, 0.05) is 6.92 Å². The molecule has 4 aliphatic carbocycles. The maximum Gasteiger partial charge on any atom is 0.302 e. The highest BCUT2D eigenvalue weighted by Crippen LogP contribution is 2.76. The SMILES string of the molecule is CC(=O)OCC1OC(OC(C)(CCC=C(C)C)C2CCC3(C)C2C(O)CC2C4(C)CCC(O)C(C)(C)C4C(O)CC23C)C(O)C(O)C1O. The molecule has 0 aromatic rings. The third kappa shape index (κ3) is 6.02. The number of esters is 1. The van der Waals surface area contributed by atoms with Gasteiger partial charge in [-0.2, -0.15) is 0 Å². The van der Waals surface area contributed by atoms with E-state index in [1.165, 1.54) is 6.92 Å². The Hall–Kier alpha value is -1.11. The van der Waals surface area contributed by atoms with Crippen LogP contribution >= 0.6 is 0 Å². The number of aliphatic hydroxyl groups excluding tert-OH is 6. The summed E-state index contributed by atoms with van der Waals surface area (Å²) in [5, 5.41) is 67.9. The van der Waals surface area contributed by atoms with E-state index in [-0.39, 0.29) is 46.5 Å². The number of ether oxygens (including phenoxy) is 3. The van der Waals surface area contributed by atoms with E-state index in [4.69, 9.17) is 14.2 Å².